The molecule has 22 heteroatoms. The molecule has 3 rings (SSSR count). The molecular formula is C29H25F9N8O5. The Morgan fingerprint density at radius 2 is 1.10 bits per heavy atom. The van der Waals surface area contributed by atoms with Crippen LogP contribution in [0.2, 0.25) is 0 Å². The van der Waals surface area contributed by atoms with Crippen LogP contribution in [0.5, 0.6) is 0 Å². The number of nitrogens with one attached hydrogen (secondary N) is 1. The molecule has 0 radical (unpaired) electrons. The monoisotopic (exact) mass is 736 g/mol. The molecule has 1 amide bonds. The normalized spacial score (nSPS) is 12.8. The average Bonchev–Trinajstić information content (AvgIpc) is 3.02. The molecule has 3 aromatic rings. The third-order valence-corrected chi connectivity index (χ3v) is 6.60. The summed E-state index contributed by atoms with van der Waals surface area (Å²) in [5.41, 5.74) is 3.75. The summed E-state index contributed by atoms with van der Waals surface area (Å²) in [7, 11) is 0. The molecule has 0 saturated carbocycles. The number of halogens is 9. The van der Waals surface area contributed by atoms with E-state index in [9.17, 15) is 53.9 Å². The van der Waals surface area contributed by atoms with Crippen LogP contribution >= 0.6 is 0 Å². The van der Waals surface area contributed by atoms with E-state index in [1.54, 1.807) is 0 Å². The van der Waals surface area contributed by atoms with E-state index in [1.807, 2.05) is 5.32 Å². The quantitative estimate of drug-likeness (QED) is 0.0822. The summed E-state index contributed by atoms with van der Waals surface area (Å²) >= 11 is 0. The molecule has 1 heterocycles. The van der Waals surface area contributed by atoms with Crippen LogP contribution < -0.4 is 38.5 Å². The van der Waals surface area contributed by atoms with Gasteiger partial charge in [0, 0.05) is 24.5 Å². The van der Waals surface area contributed by atoms with Crippen LogP contribution in [0.3, 0.4) is 0 Å². The van der Waals surface area contributed by atoms with Crippen molar-refractivity contribution in [3.63, 3.8) is 0 Å². The Morgan fingerprint density at radius 3 is 1.43 bits per heavy atom. The summed E-state index contributed by atoms with van der Waals surface area (Å²) in [5, 5.41) is 21.3. The van der Waals surface area contributed by atoms with Crippen molar-refractivity contribution in [3.8, 4) is 0 Å². The molecular weight excluding hydrogens is 711 g/mol. The maximum atomic E-state index is 13.5. The molecule has 0 aliphatic rings. The Balaban J connectivity index is 2.09. The van der Waals surface area contributed by atoms with Gasteiger partial charge in [0.25, 0.3) is 5.91 Å². The number of carbonyl (C=O) groups is 3. The molecule has 0 aliphatic carbocycles. The minimum Gasteiger partial charge on any atom is -0.478 e. The van der Waals surface area contributed by atoms with Gasteiger partial charge in [0.05, 0.1) is 62.8 Å². The Labute approximate surface area is 280 Å². The van der Waals surface area contributed by atoms with E-state index in [4.69, 9.17) is 33.4 Å². The van der Waals surface area contributed by atoms with Gasteiger partial charge >= 0.3 is 30.5 Å². The van der Waals surface area contributed by atoms with Gasteiger partial charge in [-0.2, -0.15) is 39.5 Å². The number of nitrogens with zero attached hydrogens (tertiary/aromatic N) is 3. The minimum absolute atomic E-state index is 0.396. The number of nitrogens with two attached hydrogens (primary N) is 4. The zero-order valence-electron chi connectivity index (χ0n) is 25.4. The van der Waals surface area contributed by atoms with E-state index in [2.05, 4.69) is 4.98 Å². The Bertz CT molecular complexity index is 1780. The molecule has 1 aromatic heterocycles. The summed E-state index contributed by atoms with van der Waals surface area (Å²) < 4.78 is 119. The number of alkyl halides is 9. The highest BCUT2D eigenvalue weighted by atomic mass is 19.4. The number of anilines is 2. The van der Waals surface area contributed by atoms with Gasteiger partial charge in [0.2, 0.25) is 0 Å². The Kier molecular flexibility index (Phi) is 11.5. The van der Waals surface area contributed by atoms with E-state index in [-0.39, 0.29) is 0 Å². The van der Waals surface area contributed by atoms with Crippen molar-refractivity contribution < 1.29 is 64.1 Å². The number of carboxylic acids is 2. The van der Waals surface area contributed by atoms with Crippen molar-refractivity contribution in [2.75, 3.05) is 16.6 Å². The lowest BCUT2D eigenvalue weighted by Gasteiger charge is -2.19. The molecule has 0 atom stereocenters. The highest BCUT2D eigenvalue weighted by molar-refractivity contribution is 5.96. The lowest BCUT2D eigenvalue weighted by molar-refractivity contribution is -0.138. The number of hydrogen-bond donors (Lipinski definition) is 7. The first-order valence-electron chi connectivity index (χ1n) is 13.7. The molecule has 11 N–H and O–H groups in total. The zero-order chi connectivity index (χ0) is 38.6. The summed E-state index contributed by atoms with van der Waals surface area (Å²) in [6.07, 6.45) is -14.7. The van der Waals surface area contributed by atoms with E-state index in [0.717, 1.165) is 36.7 Å². The maximum absolute atomic E-state index is 13.5. The SMILES string of the molecule is N/C(=C\N(N)c1ccc(C(=O)O)c(C(F)(F)F)c1)c1cc(C(=O)NCCC(F)(F)F)cc(/C(N)=C/N(N)c2ccc(C(=O)O)c(C(F)(F)F)c2)n1. The highest BCUT2D eigenvalue weighted by Crippen LogP contribution is 2.36. The standard InChI is InChI=1S/C29H25F9N8O5/c30-27(31,32)5-6-43-24(47)13-7-22(20(39)11-45(41)14-1-3-16(25(48)49)18(9-14)28(33,34)35)44-23(8-13)21(40)12-46(42)15-2-4-17(26(50)51)19(10-15)29(36,37)38/h1-4,7-12H,5-6,39-42H2,(H,43,47)(H,48,49)(H,50,51)/b20-11-,21-12-. The van der Waals surface area contributed by atoms with E-state index in [0.29, 0.717) is 34.3 Å². The van der Waals surface area contributed by atoms with E-state index >= 15 is 0 Å². The molecule has 0 bridgehead atoms. The van der Waals surface area contributed by atoms with Crippen LogP contribution in [0.1, 0.15) is 60.0 Å². The number of aromatic carboxylic acids is 2. The number of carboxylic acid groups (broad SMARTS) is 2. The van der Waals surface area contributed by atoms with E-state index in [1.165, 1.54) is 0 Å². The van der Waals surface area contributed by atoms with Crippen LogP contribution in [0.4, 0.5) is 50.9 Å². The predicted molar refractivity (Wildman–Crippen MR) is 162 cm³/mol. The van der Waals surface area contributed by atoms with Gasteiger partial charge < -0.3 is 27.0 Å². The molecule has 0 unspecified atom stereocenters. The Morgan fingerprint density at radius 1 is 0.706 bits per heavy atom. The third-order valence-electron chi connectivity index (χ3n) is 6.60. The topological polar surface area (TPSA) is 227 Å². The summed E-state index contributed by atoms with van der Waals surface area (Å²) in [4.78, 5) is 39.4. The summed E-state index contributed by atoms with van der Waals surface area (Å²) in [5.74, 6) is 6.82. The van der Waals surface area contributed by atoms with Crippen molar-refractivity contribution in [3.05, 3.63) is 100 Å². The van der Waals surface area contributed by atoms with E-state index < -0.39 is 111 Å². The fourth-order valence-corrected chi connectivity index (χ4v) is 4.19. The number of amides is 1. The molecule has 0 fully saturated rings. The predicted octanol–water partition coefficient (Wildman–Crippen LogP) is 4.47. The molecule has 51 heavy (non-hydrogen) atoms. The lowest BCUT2D eigenvalue weighted by atomic mass is 10.1. The number of pyridine rings is 1. The first kappa shape index (κ1) is 39.4. The van der Waals surface area contributed by atoms with Crippen molar-refractivity contribution >= 4 is 40.6 Å². The smallest absolute Gasteiger partial charge is 0.417 e. The number of carbonyl (C=O) groups excluding carboxylic acids is 1. The second-order valence-electron chi connectivity index (χ2n) is 10.3. The molecule has 0 spiro atoms. The van der Waals surface area contributed by atoms with Gasteiger partial charge in [0.1, 0.15) is 0 Å². The van der Waals surface area contributed by atoms with Crippen molar-refractivity contribution in [2.24, 2.45) is 23.2 Å². The molecule has 274 valence electrons. The number of aromatic nitrogens is 1. The van der Waals surface area contributed by atoms with Crippen LogP contribution in [0.15, 0.2) is 60.9 Å². The number of hydrazine groups is 2. The van der Waals surface area contributed by atoms with Crippen molar-refractivity contribution in [2.45, 2.75) is 24.9 Å². The van der Waals surface area contributed by atoms with Crippen LogP contribution in [-0.4, -0.2) is 45.8 Å². The maximum Gasteiger partial charge on any atom is 0.417 e. The Hall–Kier alpha value is -6.03. The minimum atomic E-state index is -5.11. The van der Waals surface area contributed by atoms with Gasteiger partial charge in [0.15, 0.2) is 0 Å². The highest BCUT2D eigenvalue weighted by Gasteiger charge is 2.37. The summed E-state index contributed by atoms with van der Waals surface area (Å²) in [6.45, 7) is -0.874. The van der Waals surface area contributed by atoms with Crippen molar-refractivity contribution in [1.82, 2.24) is 10.3 Å². The fraction of sp³-hybridized carbons (Fsp3) is 0.172. The van der Waals surface area contributed by atoms with Gasteiger partial charge in [-0.25, -0.2) is 26.3 Å². The molecule has 13 nitrogen and oxygen atoms in total. The zero-order valence-corrected chi connectivity index (χ0v) is 25.4. The molecule has 0 saturated heterocycles. The number of benzene rings is 2. The first-order chi connectivity index (χ1) is 23.4. The second-order valence-corrected chi connectivity index (χ2v) is 10.3. The first-order valence-corrected chi connectivity index (χ1v) is 13.7. The number of rotatable bonds is 11. The summed E-state index contributed by atoms with van der Waals surface area (Å²) in [6, 6.07) is 5.77. The second kappa shape index (κ2) is 14.8. The number of hydrogen-bond acceptors (Lipinski definition) is 10. The van der Waals surface area contributed by atoms with Gasteiger partial charge in [-0.1, -0.05) is 0 Å². The van der Waals surface area contributed by atoms with Gasteiger partial charge in [-0.15, -0.1) is 0 Å². The van der Waals surface area contributed by atoms with Crippen molar-refractivity contribution in [1.29, 1.82) is 0 Å². The lowest BCUT2D eigenvalue weighted by Crippen LogP contribution is -2.29. The average molecular weight is 737 g/mol. The van der Waals surface area contributed by atoms with Gasteiger partial charge in [-0.3, -0.25) is 14.8 Å². The van der Waals surface area contributed by atoms with Crippen LogP contribution in [0, 0.1) is 0 Å². The largest absolute Gasteiger partial charge is 0.478 e. The van der Waals surface area contributed by atoms with Crippen LogP contribution in [0.25, 0.3) is 11.4 Å². The molecule has 2 aromatic carbocycles. The molecule has 0 aliphatic heterocycles. The fourth-order valence-electron chi connectivity index (χ4n) is 4.19. The van der Waals surface area contributed by atoms with Gasteiger partial charge in [-0.05, 0) is 48.5 Å². The van der Waals surface area contributed by atoms with Crippen LogP contribution in [-0.2, 0) is 12.4 Å². The third kappa shape index (κ3) is 10.2.